The number of hydrogen-bond donors (Lipinski definition) is 2. The lowest BCUT2D eigenvalue weighted by molar-refractivity contribution is -0.120. The Labute approximate surface area is 128 Å². The van der Waals surface area contributed by atoms with Crippen LogP contribution in [0.1, 0.15) is 18.9 Å². The fraction of sp³-hybridized carbons (Fsp3) is 0.533. The van der Waals surface area contributed by atoms with Crippen LogP contribution in [0.2, 0.25) is 0 Å². The van der Waals surface area contributed by atoms with Gasteiger partial charge in [-0.3, -0.25) is 4.79 Å². The fourth-order valence-electron chi connectivity index (χ4n) is 2.15. The van der Waals surface area contributed by atoms with Crippen LogP contribution in [0.3, 0.4) is 0 Å². The number of hydrogen-bond acceptors (Lipinski definition) is 4. The summed E-state index contributed by atoms with van der Waals surface area (Å²) in [6.07, 6.45) is 0.279. The number of halogens is 1. The molecule has 2 N–H and O–H groups in total. The predicted molar refractivity (Wildman–Crippen MR) is 80.6 cm³/mol. The molecule has 1 aliphatic heterocycles. The predicted octanol–water partition coefficient (Wildman–Crippen LogP) is 1.71. The fourth-order valence-corrected chi connectivity index (χ4v) is 2.97. The molecule has 2 atom stereocenters. The van der Waals surface area contributed by atoms with Crippen molar-refractivity contribution in [1.82, 2.24) is 5.32 Å². The molecule has 1 saturated heterocycles. The molecule has 0 bridgehead atoms. The number of aliphatic hydroxyl groups is 1. The number of ether oxygens (including phenoxy) is 1. The second-order valence-electron chi connectivity index (χ2n) is 5.26. The molecule has 0 saturated carbocycles. The Morgan fingerprint density at radius 1 is 1.52 bits per heavy atom. The molecule has 116 valence electrons. The minimum Gasteiger partial charge on any atom is -0.385 e. The molecular formula is C15H20FNO3S. The summed E-state index contributed by atoms with van der Waals surface area (Å²) in [6.45, 7) is 2.54. The highest BCUT2D eigenvalue weighted by atomic mass is 32.2. The Kier molecular flexibility index (Phi) is 5.61. The van der Waals surface area contributed by atoms with Crippen LogP contribution >= 0.6 is 11.8 Å². The first-order chi connectivity index (χ1) is 9.99. The van der Waals surface area contributed by atoms with Gasteiger partial charge in [0, 0.05) is 25.3 Å². The molecule has 1 heterocycles. The van der Waals surface area contributed by atoms with Gasteiger partial charge in [0.1, 0.15) is 11.4 Å². The molecule has 0 aliphatic carbocycles. The van der Waals surface area contributed by atoms with Crippen molar-refractivity contribution in [2.75, 3.05) is 18.9 Å². The molecule has 21 heavy (non-hydrogen) atoms. The van der Waals surface area contributed by atoms with E-state index in [0.29, 0.717) is 24.5 Å². The van der Waals surface area contributed by atoms with Gasteiger partial charge in [-0.25, -0.2) is 4.39 Å². The summed E-state index contributed by atoms with van der Waals surface area (Å²) in [5.74, 6) is 0.581. The van der Waals surface area contributed by atoms with Gasteiger partial charge in [0.2, 0.25) is 5.91 Å². The summed E-state index contributed by atoms with van der Waals surface area (Å²) in [5, 5.41) is 13.0. The lowest BCUT2D eigenvalue weighted by atomic mass is 9.97. The molecular weight excluding hydrogens is 293 g/mol. The van der Waals surface area contributed by atoms with Crippen LogP contribution in [0.25, 0.3) is 0 Å². The van der Waals surface area contributed by atoms with Gasteiger partial charge in [-0.15, -0.1) is 11.8 Å². The molecule has 0 aromatic heterocycles. The normalized spacial score (nSPS) is 25.0. The Morgan fingerprint density at radius 3 is 2.86 bits per heavy atom. The van der Waals surface area contributed by atoms with Crippen LogP contribution in [0.15, 0.2) is 24.3 Å². The molecule has 1 aromatic carbocycles. The van der Waals surface area contributed by atoms with Gasteiger partial charge >= 0.3 is 0 Å². The Morgan fingerprint density at radius 2 is 2.24 bits per heavy atom. The molecule has 0 radical (unpaired) electrons. The number of thioether (sulfide) groups is 1. The second kappa shape index (κ2) is 7.24. The van der Waals surface area contributed by atoms with Crippen molar-refractivity contribution in [2.24, 2.45) is 0 Å². The van der Waals surface area contributed by atoms with Crippen LogP contribution in [-0.2, 0) is 15.3 Å². The maximum absolute atomic E-state index is 12.7. The van der Waals surface area contributed by atoms with Crippen LogP contribution in [0.5, 0.6) is 0 Å². The molecule has 1 aromatic rings. The van der Waals surface area contributed by atoms with Gasteiger partial charge < -0.3 is 15.2 Å². The molecule has 1 amide bonds. The molecule has 0 spiro atoms. The summed E-state index contributed by atoms with van der Waals surface area (Å²) in [7, 11) is 0. The maximum Gasteiger partial charge on any atom is 0.230 e. The standard InChI is InChI=1S/C15H20FNO3S/c1-11-15(19,6-7-20-11)10-17-14(18)9-21-8-12-2-4-13(16)5-3-12/h2-5,11,19H,6-10H2,1H3,(H,17,18). The lowest BCUT2D eigenvalue weighted by Crippen LogP contribution is -2.47. The monoisotopic (exact) mass is 313 g/mol. The van der Waals surface area contributed by atoms with Crippen molar-refractivity contribution in [3.8, 4) is 0 Å². The zero-order chi connectivity index (χ0) is 15.3. The average molecular weight is 313 g/mol. The maximum atomic E-state index is 12.7. The number of amides is 1. The van der Waals surface area contributed by atoms with E-state index in [1.54, 1.807) is 12.1 Å². The SMILES string of the molecule is CC1OCCC1(O)CNC(=O)CSCc1ccc(F)cc1. The van der Waals surface area contributed by atoms with E-state index in [1.807, 2.05) is 6.92 Å². The first kappa shape index (κ1) is 16.3. The summed E-state index contributed by atoms with van der Waals surface area (Å²) in [5.41, 5.74) is 0.0164. The largest absolute Gasteiger partial charge is 0.385 e. The summed E-state index contributed by atoms with van der Waals surface area (Å²) in [4.78, 5) is 11.7. The number of benzene rings is 1. The molecule has 1 aliphatic rings. The van der Waals surface area contributed by atoms with Crippen molar-refractivity contribution in [3.63, 3.8) is 0 Å². The van der Waals surface area contributed by atoms with E-state index >= 15 is 0 Å². The van der Waals surface area contributed by atoms with Crippen LogP contribution in [0, 0.1) is 5.82 Å². The smallest absolute Gasteiger partial charge is 0.230 e. The first-order valence-corrected chi connectivity index (χ1v) is 8.08. The minimum absolute atomic E-state index is 0.116. The van der Waals surface area contributed by atoms with Gasteiger partial charge in [0.15, 0.2) is 0 Å². The number of rotatable bonds is 6. The van der Waals surface area contributed by atoms with E-state index in [9.17, 15) is 14.3 Å². The highest BCUT2D eigenvalue weighted by Crippen LogP contribution is 2.24. The quantitative estimate of drug-likeness (QED) is 0.839. The topological polar surface area (TPSA) is 58.6 Å². The third kappa shape index (κ3) is 4.69. The third-order valence-electron chi connectivity index (χ3n) is 3.67. The molecule has 2 unspecified atom stereocenters. The van der Waals surface area contributed by atoms with Gasteiger partial charge in [-0.05, 0) is 24.6 Å². The van der Waals surface area contributed by atoms with E-state index < -0.39 is 5.60 Å². The van der Waals surface area contributed by atoms with Crippen molar-refractivity contribution in [3.05, 3.63) is 35.6 Å². The first-order valence-electron chi connectivity index (χ1n) is 6.92. The van der Waals surface area contributed by atoms with Crippen LogP contribution in [0.4, 0.5) is 4.39 Å². The second-order valence-corrected chi connectivity index (χ2v) is 6.25. The van der Waals surface area contributed by atoms with E-state index in [0.717, 1.165) is 5.56 Å². The molecule has 1 fully saturated rings. The summed E-state index contributed by atoms with van der Waals surface area (Å²) >= 11 is 1.46. The molecule has 4 nitrogen and oxygen atoms in total. The Balaban J connectivity index is 1.67. The van der Waals surface area contributed by atoms with Gasteiger partial charge in [0.25, 0.3) is 0 Å². The molecule has 6 heteroatoms. The van der Waals surface area contributed by atoms with Gasteiger partial charge in [0.05, 0.1) is 11.9 Å². The lowest BCUT2D eigenvalue weighted by Gasteiger charge is -2.26. The van der Waals surface area contributed by atoms with Gasteiger partial charge in [-0.2, -0.15) is 0 Å². The van der Waals surface area contributed by atoms with E-state index in [1.165, 1.54) is 23.9 Å². The third-order valence-corrected chi connectivity index (χ3v) is 4.67. The highest BCUT2D eigenvalue weighted by molar-refractivity contribution is 7.99. The number of carbonyl (C=O) groups is 1. The Bertz CT molecular complexity index is 482. The van der Waals surface area contributed by atoms with E-state index in [-0.39, 0.29) is 24.4 Å². The highest BCUT2D eigenvalue weighted by Gasteiger charge is 2.39. The Hall–Kier alpha value is -1.11. The van der Waals surface area contributed by atoms with Crippen molar-refractivity contribution >= 4 is 17.7 Å². The van der Waals surface area contributed by atoms with Crippen LogP contribution < -0.4 is 5.32 Å². The minimum atomic E-state index is -0.961. The van der Waals surface area contributed by atoms with E-state index in [4.69, 9.17) is 4.74 Å². The summed E-state index contributed by atoms with van der Waals surface area (Å²) < 4.78 is 18.1. The number of carbonyl (C=O) groups excluding carboxylic acids is 1. The van der Waals surface area contributed by atoms with Crippen molar-refractivity contribution in [1.29, 1.82) is 0 Å². The van der Waals surface area contributed by atoms with Gasteiger partial charge in [-0.1, -0.05) is 12.1 Å². The van der Waals surface area contributed by atoms with Crippen molar-refractivity contribution < 1.29 is 19.0 Å². The van der Waals surface area contributed by atoms with E-state index in [2.05, 4.69) is 5.32 Å². The number of nitrogens with one attached hydrogen (secondary N) is 1. The molecule has 2 rings (SSSR count). The zero-order valence-electron chi connectivity index (χ0n) is 12.0. The van der Waals surface area contributed by atoms with Crippen LogP contribution in [-0.4, -0.2) is 41.6 Å². The zero-order valence-corrected chi connectivity index (χ0v) is 12.8. The summed E-state index contributed by atoms with van der Waals surface area (Å²) in [6, 6.07) is 6.24. The average Bonchev–Trinajstić information content (AvgIpc) is 2.79. The van der Waals surface area contributed by atoms with Crippen molar-refractivity contribution in [2.45, 2.75) is 30.8 Å².